The van der Waals surface area contributed by atoms with Crippen LogP contribution in [0.1, 0.15) is 11.4 Å². The number of hydrogen-bond acceptors (Lipinski definition) is 4. The van der Waals surface area contributed by atoms with Crippen LogP contribution in [-0.2, 0) is 23.5 Å². The smallest absolute Gasteiger partial charge is 0.0802 e. The molecule has 0 aliphatic carbocycles. The molecule has 0 spiro atoms. The van der Waals surface area contributed by atoms with E-state index in [0.717, 1.165) is 45.0 Å². The molecule has 0 bridgehead atoms. The number of pyridine rings is 4. The minimum Gasteiger partial charge on any atom is -0.261 e. The summed E-state index contributed by atoms with van der Waals surface area (Å²) >= 11 is 0. The van der Waals surface area contributed by atoms with E-state index >= 15 is 0 Å². The summed E-state index contributed by atoms with van der Waals surface area (Å²) in [5.74, 6) is 0. The number of nitrogens with zero attached hydrogens (tertiary/aromatic N) is 4. The molecule has 4 heterocycles. The Morgan fingerprint density at radius 1 is 0.438 bits per heavy atom. The van der Waals surface area contributed by atoms with Crippen LogP contribution in [0.3, 0.4) is 0 Å². The van der Waals surface area contributed by atoms with Gasteiger partial charge in [-0.3, -0.25) is 19.9 Å². The maximum absolute atomic E-state index is 4.52. The Morgan fingerprint density at radius 2 is 0.906 bits per heavy atom. The van der Waals surface area contributed by atoms with Crippen molar-refractivity contribution in [2.75, 3.05) is 0 Å². The summed E-state index contributed by atoms with van der Waals surface area (Å²) in [5.41, 5.74) is 4.17. The molecule has 32 heavy (non-hydrogen) atoms. The molecule has 0 N–H and O–H groups in total. The Bertz CT molecular complexity index is 1350. The van der Waals surface area contributed by atoms with Crippen molar-refractivity contribution in [3.63, 3.8) is 0 Å². The van der Waals surface area contributed by atoms with Gasteiger partial charge in [-0.05, 0) is 41.8 Å². The van der Waals surface area contributed by atoms with Crippen LogP contribution < -0.4 is 0 Å². The Labute approximate surface area is 196 Å². The third-order valence-electron chi connectivity index (χ3n) is 5.14. The summed E-state index contributed by atoms with van der Waals surface area (Å²) in [5, 5.41) is 4.64. The van der Waals surface area contributed by atoms with Crippen molar-refractivity contribution in [2.24, 2.45) is 0 Å². The number of fused-ring (bicyclic) bond motifs is 5. The summed E-state index contributed by atoms with van der Waals surface area (Å²) < 4.78 is 0. The van der Waals surface area contributed by atoms with Crippen LogP contribution in [0, 0.1) is 0 Å². The summed E-state index contributed by atoms with van der Waals surface area (Å²) in [6, 6.07) is 28.4. The van der Waals surface area contributed by atoms with E-state index in [-0.39, 0.29) is 17.1 Å². The van der Waals surface area contributed by atoms with Gasteiger partial charge in [0.25, 0.3) is 0 Å². The first-order chi connectivity index (χ1) is 15.4. The molecule has 0 aliphatic rings. The van der Waals surface area contributed by atoms with Gasteiger partial charge in [0.15, 0.2) is 0 Å². The Kier molecular flexibility index (Phi) is 6.81. The zero-order chi connectivity index (χ0) is 20.9. The fourth-order valence-electron chi connectivity index (χ4n) is 3.68. The van der Waals surface area contributed by atoms with Crippen LogP contribution >= 0.6 is 0 Å². The zero-order valence-electron chi connectivity index (χ0n) is 17.2. The summed E-state index contributed by atoms with van der Waals surface area (Å²) in [7, 11) is 0. The molecule has 4 aromatic heterocycles. The van der Waals surface area contributed by atoms with Crippen LogP contribution in [0.4, 0.5) is 0 Å². The van der Waals surface area contributed by atoms with Crippen LogP contribution in [0.15, 0.2) is 110 Å². The molecule has 6 rings (SSSR count). The van der Waals surface area contributed by atoms with Crippen molar-refractivity contribution < 1.29 is 17.1 Å². The molecule has 1 radical (unpaired) electrons. The predicted octanol–water partition coefficient (Wildman–Crippen LogP) is 6.00. The second-order valence-corrected chi connectivity index (χ2v) is 7.20. The average molecular weight is 464 g/mol. The molecule has 0 atom stereocenters. The number of rotatable bonds is 2. The summed E-state index contributed by atoms with van der Waals surface area (Å²) in [6.07, 6.45) is 8.09. The van der Waals surface area contributed by atoms with E-state index in [4.69, 9.17) is 0 Å². The van der Waals surface area contributed by atoms with Crippen molar-refractivity contribution in [3.8, 4) is 0 Å². The molecule has 0 aliphatic heterocycles. The first-order valence-corrected chi connectivity index (χ1v) is 10.2. The SMILES string of the molecule is [Cu].c1ccc(Cc2ccccn2)nc1.c1cnc2c(c1)ccc1ccc3cccnc3c12. The minimum atomic E-state index is 0. The Hall–Kier alpha value is -3.66. The van der Waals surface area contributed by atoms with Gasteiger partial charge in [0, 0.05) is 75.8 Å². The van der Waals surface area contributed by atoms with Crippen LogP contribution in [0.25, 0.3) is 32.6 Å². The van der Waals surface area contributed by atoms with Crippen LogP contribution in [0.2, 0.25) is 0 Å². The standard InChI is InChI=1S/C16H10N2.C11H10N2.Cu/c1-3-12-7-5-11-6-8-13-4-2-10-18-16(13)14(11)15(12)17-9-1;1-3-7-12-10(5-1)9-11-6-2-4-8-13-11;/h1-10H;1-8H,9H2;. The van der Waals surface area contributed by atoms with E-state index < -0.39 is 0 Å². The second kappa shape index (κ2) is 10.1. The van der Waals surface area contributed by atoms with Gasteiger partial charge in [0.1, 0.15) is 0 Å². The van der Waals surface area contributed by atoms with E-state index in [1.165, 1.54) is 5.39 Å². The van der Waals surface area contributed by atoms with Gasteiger partial charge in [0.2, 0.25) is 0 Å². The third-order valence-corrected chi connectivity index (χ3v) is 5.14. The van der Waals surface area contributed by atoms with E-state index in [2.05, 4.69) is 56.3 Å². The largest absolute Gasteiger partial charge is 0.261 e. The molecule has 0 saturated heterocycles. The van der Waals surface area contributed by atoms with Gasteiger partial charge in [-0.25, -0.2) is 0 Å². The fraction of sp³-hybridized carbons (Fsp3) is 0.0370. The number of benzene rings is 2. The molecule has 0 amide bonds. The van der Waals surface area contributed by atoms with E-state index in [0.29, 0.717) is 0 Å². The van der Waals surface area contributed by atoms with E-state index in [9.17, 15) is 0 Å². The molecule has 2 aromatic carbocycles. The molecule has 6 aromatic rings. The molecular formula is C27H20CuN4. The topological polar surface area (TPSA) is 51.6 Å². The minimum absolute atomic E-state index is 0. The zero-order valence-corrected chi connectivity index (χ0v) is 18.1. The molecule has 0 saturated carbocycles. The summed E-state index contributed by atoms with van der Waals surface area (Å²) in [4.78, 5) is 17.5. The first-order valence-electron chi connectivity index (χ1n) is 10.2. The van der Waals surface area contributed by atoms with Crippen LogP contribution in [0.5, 0.6) is 0 Å². The van der Waals surface area contributed by atoms with E-state index in [1.807, 2.05) is 60.9 Å². The quantitative estimate of drug-likeness (QED) is 0.233. The number of aromatic nitrogens is 4. The van der Waals surface area contributed by atoms with Gasteiger partial charge in [0.05, 0.1) is 11.0 Å². The fourth-order valence-corrected chi connectivity index (χ4v) is 3.68. The summed E-state index contributed by atoms with van der Waals surface area (Å²) in [6.45, 7) is 0. The Morgan fingerprint density at radius 3 is 1.38 bits per heavy atom. The monoisotopic (exact) mass is 463 g/mol. The molecule has 0 fully saturated rings. The van der Waals surface area contributed by atoms with E-state index in [1.54, 1.807) is 12.4 Å². The first kappa shape index (κ1) is 21.6. The van der Waals surface area contributed by atoms with Gasteiger partial charge >= 0.3 is 0 Å². The van der Waals surface area contributed by atoms with Gasteiger partial charge in [-0.1, -0.05) is 48.5 Å². The van der Waals surface area contributed by atoms with Crippen molar-refractivity contribution >= 4 is 32.6 Å². The van der Waals surface area contributed by atoms with Gasteiger partial charge in [-0.2, -0.15) is 0 Å². The maximum Gasteiger partial charge on any atom is 0.0802 e. The van der Waals surface area contributed by atoms with Gasteiger partial charge < -0.3 is 0 Å². The third kappa shape index (κ3) is 4.65. The van der Waals surface area contributed by atoms with Crippen molar-refractivity contribution in [2.45, 2.75) is 6.42 Å². The maximum atomic E-state index is 4.52. The predicted molar refractivity (Wildman–Crippen MR) is 126 cm³/mol. The Balaban J connectivity index is 0.000000157. The normalized spacial score (nSPS) is 10.4. The molecular weight excluding hydrogens is 444 g/mol. The second-order valence-electron chi connectivity index (χ2n) is 7.20. The van der Waals surface area contributed by atoms with Crippen molar-refractivity contribution in [3.05, 3.63) is 121 Å². The average Bonchev–Trinajstić information content (AvgIpc) is 2.85. The van der Waals surface area contributed by atoms with Crippen LogP contribution in [-0.4, -0.2) is 19.9 Å². The van der Waals surface area contributed by atoms with Crippen molar-refractivity contribution in [1.29, 1.82) is 0 Å². The molecule has 4 nitrogen and oxygen atoms in total. The molecule has 0 unspecified atom stereocenters. The van der Waals surface area contributed by atoms with Gasteiger partial charge in [-0.15, -0.1) is 0 Å². The molecule has 159 valence electrons. The number of hydrogen-bond donors (Lipinski definition) is 0. The van der Waals surface area contributed by atoms with Crippen molar-refractivity contribution in [1.82, 2.24) is 19.9 Å². The molecule has 5 heteroatoms.